The Morgan fingerprint density at radius 1 is 1.14 bits per heavy atom. The Hall–Kier alpha value is -1.79. The number of anilines is 2. The van der Waals surface area contributed by atoms with Crippen LogP contribution in [0.1, 0.15) is 0 Å². The lowest BCUT2D eigenvalue weighted by atomic mass is 10.3. The molecule has 0 radical (unpaired) electrons. The van der Waals surface area contributed by atoms with E-state index >= 15 is 0 Å². The molecule has 0 bridgehead atoms. The normalized spacial score (nSPS) is 10.5. The second kappa shape index (κ2) is 8.00. The Morgan fingerprint density at radius 3 is 2.50 bits per heavy atom. The molecule has 0 fully saturated rings. The van der Waals surface area contributed by atoms with Crippen LogP contribution in [-0.2, 0) is 4.79 Å². The highest BCUT2D eigenvalue weighted by Gasteiger charge is 2.06. The van der Waals surface area contributed by atoms with Gasteiger partial charge in [0.1, 0.15) is 0 Å². The Balaban J connectivity index is 1.84. The van der Waals surface area contributed by atoms with Crippen LogP contribution in [-0.4, -0.2) is 18.2 Å². The number of carbonyl (C=O) groups excluding carboxylic acids is 1. The predicted molar refractivity (Wildman–Crippen MR) is 86.9 cm³/mol. The van der Waals surface area contributed by atoms with Gasteiger partial charge in [-0.05, 0) is 42.5 Å². The number of hydrogen-bond donors (Lipinski definition) is 2. The van der Waals surface area contributed by atoms with Crippen LogP contribution in [0.2, 0.25) is 5.02 Å². The van der Waals surface area contributed by atoms with Crippen LogP contribution in [0.15, 0.2) is 53.4 Å². The molecule has 0 aliphatic carbocycles. The SMILES string of the molecule is O=C(CNc1cccc(Cl)c1)Nc1ccc(SC(F)F)cc1. The summed E-state index contributed by atoms with van der Waals surface area (Å²) in [6, 6.07) is 13.3. The van der Waals surface area contributed by atoms with Crippen molar-refractivity contribution < 1.29 is 13.6 Å². The summed E-state index contributed by atoms with van der Waals surface area (Å²) in [7, 11) is 0. The number of hydrogen-bond acceptors (Lipinski definition) is 3. The third-order valence-corrected chi connectivity index (χ3v) is 3.60. The highest BCUT2D eigenvalue weighted by molar-refractivity contribution is 7.99. The number of nitrogens with one attached hydrogen (secondary N) is 2. The summed E-state index contributed by atoms with van der Waals surface area (Å²) >= 11 is 6.31. The first-order valence-electron chi connectivity index (χ1n) is 6.37. The molecule has 0 unspecified atom stereocenters. The largest absolute Gasteiger partial charge is 0.376 e. The number of amides is 1. The van der Waals surface area contributed by atoms with E-state index in [0.717, 1.165) is 5.69 Å². The Morgan fingerprint density at radius 2 is 1.86 bits per heavy atom. The highest BCUT2D eigenvalue weighted by Crippen LogP contribution is 2.26. The average Bonchev–Trinajstić information content (AvgIpc) is 2.47. The van der Waals surface area contributed by atoms with Gasteiger partial charge in [-0.2, -0.15) is 8.78 Å². The molecule has 2 aromatic rings. The summed E-state index contributed by atoms with van der Waals surface area (Å²) in [5, 5.41) is 6.20. The molecule has 0 heterocycles. The van der Waals surface area contributed by atoms with Crippen LogP contribution in [0.5, 0.6) is 0 Å². The Bertz CT molecular complexity index is 638. The molecule has 2 rings (SSSR count). The molecule has 0 aliphatic rings. The highest BCUT2D eigenvalue weighted by atomic mass is 35.5. The number of benzene rings is 2. The van der Waals surface area contributed by atoms with Crippen molar-refractivity contribution in [2.45, 2.75) is 10.7 Å². The van der Waals surface area contributed by atoms with Crippen LogP contribution in [0, 0.1) is 0 Å². The smallest absolute Gasteiger partial charge is 0.288 e. The quantitative estimate of drug-likeness (QED) is 0.747. The maximum Gasteiger partial charge on any atom is 0.288 e. The zero-order valence-corrected chi connectivity index (χ0v) is 12.9. The molecule has 0 spiro atoms. The van der Waals surface area contributed by atoms with Gasteiger partial charge in [0.15, 0.2) is 0 Å². The van der Waals surface area contributed by atoms with Crippen molar-refractivity contribution >= 4 is 40.6 Å². The summed E-state index contributed by atoms with van der Waals surface area (Å²) in [5.41, 5.74) is 1.29. The van der Waals surface area contributed by atoms with E-state index in [1.54, 1.807) is 36.4 Å². The standard InChI is InChI=1S/C15H13ClF2N2OS/c16-10-2-1-3-12(8-10)19-9-14(21)20-11-4-6-13(7-5-11)22-15(17)18/h1-8,15,19H,9H2,(H,20,21). The summed E-state index contributed by atoms with van der Waals surface area (Å²) < 4.78 is 24.4. The van der Waals surface area contributed by atoms with Gasteiger partial charge in [0, 0.05) is 21.3 Å². The van der Waals surface area contributed by atoms with E-state index in [1.807, 2.05) is 0 Å². The lowest BCUT2D eigenvalue weighted by molar-refractivity contribution is -0.114. The van der Waals surface area contributed by atoms with Gasteiger partial charge in [0.05, 0.1) is 6.54 Å². The number of halogens is 3. The fourth-order valence-corrected chi connectivity index (χ4v) is 2.39. The molecule has 2 aromatic carbocycles. The van der Waals surface area contributed by atoms with Crippen LogP contribution in [0.25, 0.3) is 0 Å². The van der Waals surface area contributed by atoms with Gasteiger partial charge >= 0.3 is 0 Å². The first kappa shape index (κ1) is 16.6. The van der Waals surface area contributed by atoms with Crippen molar-refractivity contribution in [1.29, 1.82) is 0 Å². The molecule has 3 nitrogen and oxygen atoms in total. The molecule has 116 valence electrons. The van der Waals surface area contributed by atoms with Crippen LogP contribution >= 0.6 is 23.4 Å². The molecule has 0 aromatic heterocycles. The van der Waals surface area contributed by atoms with Gasteiger partial charge in [-0.15, -0.1) is 0 Å². The van der Waals surface area contributed by atoms with E-state index in [0.29, 0.717) is 27.4 Å². The second-order valence-corrected chi connectivity index (χ2v) is 5.81. The molecule has 1 amide bonds. The van der Waals surface area contributed by atoms with Crippen LogP contribution in [0.3, 0.4) is 0 Å². The van der Waals surface area contributed by atoms with Crippen molar-refractivity contribution in [1.82, 2.24) is 0 Å². The minimum Gasteiger partial charge on any atom is -0.376 e. The molecule has 0 atom stereocenters. The maximum absolute atomic E-state index is 12.2. The van der Waals surface area contributed by atoms with E-state index in [2.05, 4.69) is 10.6 Å². The molecule has 0 saturated carbocycles. The summed E-state index contributed by atoms with van der Waals surface area (Å²) in [6.45, 7) is 0.0773. The van der Waals surface area contributed by atoms with Crippen molar-refractivity contribution in [3.05, 3.63) is 53.6 Å². The Labute approximate surface area is 136 Å². The lowest BCUT2D eigenvalue weighted by Crippen LogP contribution is -2.21. The summed E-state index contributed by atoms with van der Waals surface area (Å²) in [5.74, 6) is -2.70. The van der Waals surface area contributed by atoms with Crippen LogP contribution in [0.4, 0.5) is 20.2 Å². The van der Waals surface area contributed by atoms with Crippen molar-refractivity contribution in [3.8, 4) is 0 Å². The third kappa shape index (κ3) is 5.54. The predicted octanol–water partition coefficient (Wildman–Crippen LogP) is 4.71. The number of rotatable bonds is 6. The Kier molecular flexibility index (Phi) is 6.03. The van der Waals surface area contributed by atoms with E-state index in [1.165, 1.54) is 12.1 Å². The summed E-state index contributed by atoms with van der Waals surface area (Å²) in [6.07, 6.45) is 0. The van der Waals surface area contributed by atoms with Gasteiger partial charge in [0.25, 0.3) is 5.76 Å². The van der Waals surface area contributed by atoms with Gasteiger partial charge in [0.2, 0.25) is 5.91 Å². The number of thioether (sulfide) groups is 1. The molecule has 7 heteroatoms. The first-order chi connectivity index (χ1) is 10.5. The molecule has 2 N–H and O–H groups in total. The van der Waals surface area contributed by atoms with Gasteiger partial charge < -0.3 is 10.6 Å². The van der Waals surface area contributed by atoms with E-state index in [4.69, 9.17) is 11.6 Å². The van der Waals surface area contributed by atoms with Crippen molar-refractivity contribution in [3.63, 3.8) is 0 Å². The number of alkyl halides is 2. The van der Waals surface area contributed by atoms with Crippen molar-refractivity contribution in [2.24, 2.45) is 0 Å². The van der Waals surface area contributed by atoms with Gasteiger partial charge in [-0.1, -0.05) is 29.4 Å². The topological polar surface area (TPSA) is 41.1 Å². The monoisotopic (exact) mass is 342 g/mol. The first-order valence-corrected chi connectivity index (χ1v) is 7.63. The van der Waals surface area contributed by atoms with E-state index < -0.39 is 5.76 Å². The molecule has 22 heavy (non-hydrogen) atoms. The number of carbonyl (C=O) groups is 1. The molecule has 0 saturated heterocycles. The van der Waals surface area contributed by atoms with E-state index in [-0.39, 0.29) is 12.5 Å². The van der Waals surface area contributed by atoms with Gasteiger partial charge in [-0.3, -0.25) is 4.79 Å². The second-order valence-electron chi connectivity index (χ2n) is 4.31. The molecular formula is C15H13ClF2N2OS. The van der Waals surface area contributed by atoms with Crippen LogP contribution < -0.4 is 10.6 Å². The fraction of sp³-hybridized carbons (Fsp3) is 0.133. The third-order valence-electron chi connectivity index (χ3n) is 2.64. The zero-order chi connectivity index (χ0) is 15.9. The lowest BCUT2D eigenvalue weighted by Gasteiger charge is -2.08. The van der Waals surface area contributed by atoms with Crippen molar-refractivity contribution in [2.75, 3.05) is 17.2 Å². The maximum atomic E-state index is 12.2. The zero-order valence-electron chi connectivity index (χ0n) is 11.4. The van der Waals surface area contributed by atoms with Gasteiger partial charge in [-0.25, -0.2) is 0 Å². The van der Waals surface area contributed by atoms with E-state index in [9.17, 15) is 13.6 Å². The molecular weight excluding hydrogens is 330 g/mol. The molecule has 0 aliphatic heterocycles. The minimum atomic E-state index is -2.46. The summed E-state index contributed by atoms with van der Waals surface area (Å²) in [4.78, 5) is 12.3. The fourth-order valence-electron chi connectivity index (χ4n) is 1.71. The average molecular weight is 343 g/mol. The minimum absolute atomic E-state index is 0.0773.